The number of rotatable bonds is 3. The lowest BCUT2D eigenvalue weighted by Gasteiger charge is -2.43. The minimum atomic E-state index is -0.866. The molecule has 3 aliphatic rings. The number of carbonyl (C=O) groups excluding carboxylic acids is 1. The van der Waals surface area contributed by atoms with Crippen LogP contribution in [0.5, 0.6) is 5.75 Å². The van der Waals surface area contributed by atoms with E-state index in [-0.39, 0.29) is 12.0 Å². The minimum absolute atomic E-state index is 0.00678. The third-order valence-electron chi connectivity index (χ3n) is 4.88. The van der Waals surface area contributed by atoms with Gasteiger partial charge in [0, 0.05) is 19.5 Å². The lowest BCUT2D eigenvalue weighted by atomic mass is 9.98. The first-order valence-electron chi connectivity index (χ1n) is 8.69. The lowest BCUT2D eigenvalue weighted by Crippen LogP contribution is -2.56. The molecule has 24 heavy (non-hydrogen) atoms. The molecule has 3 heterocycles. The van der Waals surface area contributed by atoms with Crippen molar-refractivity contribution >= 4 is 17.3 Å². The normalized spacial score (nSPS) is 25.6. The molecule has 0 saturated carbocycles. The van der Waals surface area contributed by atoms with Crippen LogP contribution in [-0.2, 0) is 14.3 Å². The van der Waals surface area contributed by atoms with E-state index in [1.54, 1.807) is 0 Å². The van der Waals surface area contributed by atoms with Gasteiger partial charge in [0.05, 0.1) is 31.5 Å². The van der Waals surface area contributed by atoms with Crippen molar-refractivity contribution in [2.75, 3.05) is 49.3 Å². The maximum atomic E-state index is 13.4. The molecule has 6 nitrogen and oxygen atoms in total. The maximum absolute atomic E-state index is 13.4. The number of nitrogens with zero attached hydrogens (tertiary/aromatic N) is 2. The van der Waals surface area contributed by atoms with Crippen molar-refractivity contribution in [3.63, 3.8) is 0 Å². The molecule has 0 aliphatic carbocycles. The molecule has 1 aromatic rings. The zero-order chi connectivity index (χ0) is 16.7. The van der Waals surface area contributed by atoms with Crippen molar-refractivity contribution in [1.82, 2.24) is 0 Å². The molecular formula is C18H24N2O4. The van der Waals surface area contributed by atoms with Crippen LogP contribution in [0.15, 0.2) is 18.2 Å². The Kier molecular flexibility index (Phi) is 3.89. The second kappa shape index (κ2) is 5.93. The van der Waals surface area contributed by atoms with E-state index in [9.17, 15) is 4.79 Å². The van der Waals surface area contributed by atoms with Gasteiger partial charge in [-0.25, -0.2) is 0 Å². The molecule has 0 N–H and O–H groups in total. The molecule has 0 spiro atoms. The summed E-state index contributed by atoms with van der Waals surface area (Å²) in [6.45, 7) is 7.86. The summed E-state index contributed by atoms with van der Waals surface area (Å²) in [5.74, 6) is 0.866. The van der Waals surface area contributed by atoms with Crippen LogP contribution in [0.4, 0.5) is 11.4 Å². The Morgan fingerprint density at radius 2 is 2.12 bits per heavy atom. The van der Waals surface area contributed by atoms with Gasteiger partial charge in [-0.3, -0.25) is 4.79 Å². The Bertz CT molecular complexity index is 640. The summed E-state index contributed by atoms with van der Waals surface area (Å²) in [6.07, 6.45) is 0.584. The zero-order valence-electron chi connectivity index (χ0n) is 14.3. The summed E-state index contributed by atoms with van der Waals surface area (Å²) < 4.78 is 17.4. The molecule has 0 bridgehead atoms. The average Bonchev–Trinajstić information content (AvgIpc) is 3.04. The molecule has 1 atom stereocenters. The van der Waals surface area contributed by atoms with Crippen LogP contribution in [0.25, 0.3) is 0 Å². The number of hydrogen-bond acceptors (Lipinski definition) is 5. The highest BCUT2D eigenvalue weighted by Crippen LogP contribution is 2.44. The van der Waals surface area contributed by atoms with Gasteiger partial charge < -0.3 is 24.0 Å². The summed E-state index contributed by atoms with van der Waals surface area (Å²) in [7, 11) is 0. The maximum Gasteiger partial charge on any atom is 0.261 e. The van der Waals surface area contributed by atoms with Crippen LogP contribution in [0, 0.1) is 0 Å². The highest BCUT2D eigenvalue weighted by molar-refractivity contribution is 6.04. The van der Waals surface area contributed by atoms with Gasteiger partial charge in [-0.2, -0.15) is 0 Å². The van der Waals surface area contributed by atoms with E-state index in [1.165, 1.54) is 0 Å². The van der Waals surface area contributed by atoms with Gasteiger partial charge in [0.1, 0.15) is 18.0 Å². The Labute approximate surface area is 142 Å². The predicted molar refractivity (Wildman–Crippen MR) is 90.9 cm³/mol. The molecule has 4 rings (SSSR count). The average molecular weight is 332 g/mol. The van der Waals surface area contributed by atoms with Gasteiger partial charge in [-0.1, -0.05) is 6.07 Å². The Morgan fingerprint density at radius 1 is 1.25 bits per heavy atom. The third-order valence-corrected chi connectivity index (χ3v) is 4.88. The quantitative estimate of drug-likeness (QED) is 0.845. The highest BCUT2D eigenvalue weighted by atomic mass is 16.6. The molecule has 1 amide bonds. The van der Waals surface area contributed by atoms with Crippen LogP contribution in [-0.4, -0.2) is 57.1 Å². The van der Waals surface area contributed by atoms with Crippen LogP contribution in [0.1, 0.15) is 20.3 Å². The molecule has 3 aliphatic heterocycles. The predicted octanol–water partition coefficient (Wildman–Crippen LogP) is 1.82. The van der Waals surface area contributed by atoms with Crippen molar-refractivity contribution < 1.29 is 19.0 Å². The largest absolute Gasteiger partial charge is 0.489 e. The van der Waals surface area contributed by atoms with Gasteiger partial charge in [0.25, 0.3) is 5.91 Å². The van der Waals surface area contributed by atoms with Crippen molar-refractivity contribution in [2.24, 2.45) is 0 Å². The van der Waals surface area contributed by atoms with E-state index in [1.807, 2.05) is 36.9 Å². The van der Waals surface area contributed by atoms with Crippen LogP contribution in [0.3, 0.4) is 0 Å². The Morgan fingerprint density at radius 3 is 2.88 bits per heavy atom. The van der Waals surface area contributed by atoms with Gasteiger partial charge in [0.2, 0.25) is 0 Å². The molecule has 0 aromatic heterocycles. The summed E-state index contributed by atoms with van der Waals surface area (Å²) in [4.78, 5) is 17.6. The first-order valence-corrected chi connectivity index (χ1v) is 8.69. The SMILES string of the molecule is CC(C)OC1(C(=O)N2CCN3CCOc4cccc2c43)CCOC1. The lowest BCUT2D eigenvalue weighted by molar-refractivity contribution is -0.150. The van der Waals surface area contributed by atoms with Gasteiger partial charge in [0.15, 0.2) is 5.60 Å². The van der Waals surface area contributed by atoms with Crippen LogP contribution < -0.4 is 14.5 Å². The first kappa shape index (κ1) is 15.7. The molecule has 1 aromatic carbocycles. The molecule has 6 heteroatoms. The number of anilines is 2. The zero-order valence-corrected chi connectivity index (χ0v) is 14.3. The Hall–Kier alpha value is -1.79. The fraction of sp³-hybridized carbons (Fsp3) is 0.611. The fourth-order valence-electron chi connectivity index (χ4n) is 3.87. The number of benzene rings is 1. The van der Waals surface area contributed by atoms with E-state index < -0.39 is 5.60 Å². The van der Waals surface area contributed by atoms with Gasteiger partial charge in [-0.05, 0) is 26.0 Å². The van der Waals surface area contributed by atoms with Gasteiger partial charge >= 0.3 is 0 Å². The smallest absolute Gasteiger partial charge is 0.261 e. The second-order valence-corrected chi connectivity index (χ2v) is 6.88. The van der Waals surface area contributed by atoms with E-state index in [0.29, 0.717) is 32.8 Å². The van der Waals surface area contributed by atoms with E-state index >= 15 is 0 Å². The van der Waals surface area contributed by atoms with Crippen molar-refractivity contribution in [1.29, 1.82) is 0 Å². The van der Waals surface area contributed by atoms with E-state index in [0.717, 1.165) is 30.2 Å². The second-order valence-electron chi connectivity index (χ2n) is 6.88. The standard InChI is InChI=1S/C18H24N2O4/c1-13(2)24-18(6-10-22-12-18)17(21)20-8-7-19-9-11-23-15-5-3-4-14(20)16(15)19/h3-5,13H,6-12H2,1-2H3. The monoisotopic (exact) mass is 332 g/mol. The third kappa shape index (κ3) is 2.45. The van der Waals surface area contributed by atoms with Crippen molar-refractivity contribution in [3.8, 4) is 5.75 Å². The summed E-state index contributed by atoms with van der Waals surface area (Å²) in [6, 6.07) is 5.92. The number of carbonyl (C=O) groups is 1. The van der Waals surface area contributed by atoms with Crippen molar-refractivity contribution in [3.05, 3.63) is 18.2 Å². The minimum Gasteiger partial charge on any atom is -0.489 e. The topological polar surface area (TPSA) is 51.2 Å². The molecule has 1 unspecified atom stereocenters. The van der Waals surface area contributed by atoms with Gasteiger partial charge in [-0.15, -0.1) is 0 Å². The molecule has 0 radical (unpaired) electrons. The molecule has 1 fully saturated rings. The number of para-hydroxylation sites is 1. The van der Waals surface area contributed by atoms with E-state index in [4.69, 9.17) is 14.2 Å². The fourth-order valence-corrected chi connectivity index (χ4v) is 3.87. The highest BCUT2D eigenvalue weighted by Gasteiger charge is 2.48. The van der Waals surface area contributed by atoms with Crippen LogP contribution >= 0.6 is 0 Å². The number of hydrogen-bond donors (Lipinski definition) is 0. The summed E-state index contributed by atoms with van der Waals surface area (Å²) in [5.41, 5.74) is 1.08. The Balaban J connectivity index is 1.70. The first-order chi connectivity index (χ1) is 11.6. The molecule has 130 valence electrons. The van der Waals surface area contributed by atoms with E-state index in [2.05, 4.69) is 4.90 Å². The summed E-state index contributed by atoms with van der Waals surface area (Å²) in [5, 5.41) is 0. The molecular weight excluding hydrogens is 308 g/mol. The number of amides is 1. The van der Waals surface area contributed by atoms with Crippen molar-refractivity contribution in [2.45, 2.75) is 32.0 Å². The van der Waals surface area contributed by atoms with Crippen LogP contribution in [0.2, 0.25) is 0 Å². The molecule has 1 saturated heterocycles. The summed E-state index contributed by atoms with van der Waals surface area (Å²) >= 11 is 0. The number of ether oxygens (including phenoxy) is 3.